The van der Waals surface area contributed by atoms with Crippen LogP contribution in [-0.4, -0.2) is 33.1 Å². The van der Waals surface area contributed by atoms with E-state index in [2.05, 4.69) is 16.8 Å². The predicted molar refractivity (Wildman–Crippen MR) is 121 cm³/mol. The fourth-order valence-corrected chi connectivity index (χ4v) is 5.82. The Balaban J connectivity index is 1.61. The zero-order chi connectivity index (χ0) is 20.2. The maximum atomic E-state index is 13.0. The van der Waals surface area contributed by atoms with Gasteiger partial charge in [-0.15, -0.1) is 0 Å². The fraction of sp³-hybridized carbons (Fsp3) is 0.667. The van der Waals surface area contributed by atoms with Crippen LogP contribution in [0.2, 0.25) is 5.15 Å². The number of benzene rings is 1. The number of para-hydroxylation sites is 2. The maximum absolute atomic E-state index is 13.0. The number of fused-ring (bicyclic) bond motifs is 1. The first-order chi connectivity index (χ1) is 14.2. The number of halogens is 1. The molecule has 2 aromatic rings. The van der Waals surface area contributed by atoms with Crippen LogP contribution >= 0.6 is 11.6 Å². The molecular weight excluding hydrogens is 382 g/mol. The third-order valence-corrected chi connectivity index (χ3v) is 7.27. The number of hydrogen-bond acceptors (Lipinski definition) is 3. The molecule has 5 heteroatoms. The van der Waals surface area contributed by atoms with E-state index >= 15 is 0 Å². The maximum Gasteiger partial charge on any atom is 0.288 e. The Hall–Kier alpha value is -1.39. The van der Waals surface area contributed by atoms with Crippen molar-refractivity contribution in [3.05, 3.63) is 39.8 Å². The van der Waals surface area contributed by atoms with Gasteiger partial charge in [-0.25, -0.2) is 4.98 Å². The summed E-state index contributed by atoms with van der Waals surface area (Å²) < 4.78 is 1.95. The van der Waals surface area contributed by atoms with Gasteiger partial charge in [0.2, 0.25) is 0 Å². The molecule has 1 aliphatic heterocycles. The van der Waals surface area contributed by atoms with Gasteiger partial charge < -0.3 is 4.57 Å². The first-order valence-corrected chi connectivity index (χ1v) is 12.0. The molecule has 0 unspecified atom stereocenters. The molecule has 1 aromatic heterocycles. The van der Waals surface area contributed by atoms with Gasteiger partial charge in [0, 0.05) is 24.7 Å². The van der Waals surface area contributed by atoms with Gasteiger partial charge >= 0.3 is 0 Å². The molecule has 0 spiro atoms. The van der Waals surface area contributed by atoms with E-state index in [0.29, 0.717) is 6.04 Å². The molecule has 0 amide bonds. The normalized spacial score (nSPS) is 25.0. The molecular formula is C24H34ClN3O. The van der Waals surface area contributed by atoms with Crippen molar-refractivity contribution in [2.24, 2.45) is 0 Å². The molecule has 1 saturated heterocycles. The molecule has 1 saturated carbocycles. The first kappa shape index (κ1) is 20.9. The van der Waals surface area contributed by atoms with Crippen molar-refractivity contribution < 1.29 is 0 Å². The van der Waals surface area contributed by atoms with Gasteiger partial charge in [-0.3, -0.25) is 9.69 Å². The van der Waals surface area contributed by atoms with Gasteiger partial charge in [0.15, 0.2) is 5.15 Å². The minimum absolute atomic E-state index is 0.0955. The lowest BCUT2D eigenvalue weighted by Crippen LogP contribution is -2.49. The summed E-state index contributed by atoms with van der Waals surface area (Å²) in [5.74, 6) is 0. The molecule has 2 atom stereocenters. The van der Waals surface area contributed by atoms with Crippen molar-refractivity contribution in [1.82, 2.24) is 14.5 Å². The van der Waals surface area contributed by atoms with E-state index in [9.17, 15) is 4.79 Å². The average molecular weight is 416 g/mol. The zero-order valence-corrected chi connectivity index (χ0v) is 18.4. The minimum Gasteiger partial charge on any atom is -0.301 e. The third-order valence-electron chi connectivity index (χ3n) is 7.02. The van der Waals surface area contributed by atoms with Gasteiger partial charge in [-0.05, 0) is 44.2 Å². The predicted octanol–water partition coefficient (Wildman–Crippen LogP) is 5.97. The number of likely N-dealkylation sites (tertiary alicyclic amines) is 1. The van der Waals surface area contributed by atoms with Gasteiger partial charge in [0.1, 0.15) is 0 Å². The highest BCUT2D eigenvalue weighted by molar-refractivity contribution is 6.29. The second-order valence-corrected chi connectivity index (χ2v) is 9.28. The second-order valence-electron chi connectivity index (χ2n) is 8.92. The van der Waals surface area contributed by atoms with Crippen molar-refractivity contribution in [3.8, 4) is 0 Å². The second kappa shape index (κ2) is 9.61. The summed E-state index contributed by atoms with van der Waals surface area (Å²) >= 11 is 6.24. The number of rotatable bonds is 4. The third kappa shape index (κ3) is 4.54. The van der Waals surface area contributed by atoms with E-state index < -0.39 is 0 Å². The lowest BCUT2D eigenvalue weighted by atomic mass is 9.88. The number of aromatic nitrogens is 2. The smallest absolute Gasteiger partial charge is 0.288 e. The Kier molecular flexibility index (Phi) is 6.92. The van der Waals surface area contributed by atoms with Crippen LogP contribution in [0.25, 0.3) is 11.0 Å². The molecule has 4 rings (SSSR count). The van der Waals surface area contributed by atoms with E-state index in [0.717, 1.165) is 36.5 Å². The summed E-state index contributed by atoms with van der Waals surface area (Å²) in [5.41, 5.74) is 1.60. The van der Waals surface area contributed by atoms with Crippen molar-refractivity contribution in [2.75, 3.05) is 6.54 Å². The molecule has 0 N–H and O–H groups in total. The van der Waals surface area contributed by atoms with Gasteiger partial charge in [-0.2, -0.15) is 0 Å². The first-order valence-electron chi connectivity index (χ1n) is 11.6. The van der Waals surface area contributed by atoms with E-state index in [1.54, 1.807) is 0 Å². The summed E-state index contributed by atoms with van der Waals surface area (Å²) in [6.07, 6.45) is 14.1. The van der Waals surface area contributed by atoms with Gasteiger partial charge in [-0.1, -0.05) is 69.2 Å². The SMILES string of the molecule is CCC[C@@H]1C[C@H](n2c(=O)c(Cl)nc3ccccc32)CCN1C1CCCCCCC1. The van der Waals surface area contributed by atoms with E-state index in [-0.39, 0.29) is 16.8 Å². The Morgan fingerprint density at radius 3 is 2.52 bits per heavy atom. The highest BCUT2D eigenvalue weighted by Gasteiger charge is 2.34. The lowest BCUT2D eigenvalue weighted by Gasteiger charge is -2.45. The Labute approximate surface area is 179 Å². The highest BCUT2D eigenvalue weighted by Crippen LogP contribution is 2.34. The van der Waals surface area contributed by atoms with Crippen LogP contribution in [0.1, 0.15) is 83.6 Å². The average Bonchev–Trinajstić information content (AvgIpc) is 2.70. The fourth-order valence-electron chi connectivity index (χ4n) is 5.63. The number of hydrogen-bond donors (Lipinski definition) is 0. The Bertz CT molecular complexity index is 872. The monoisotopic (exact) mass is 415 g/mol. The summed E-state index contributed by atoms with van der Waals surface area (Å²) in [6.45, 7) is 3.37. The van der Waals surface area contributed by atoms with Crippen LogP contribution in [-0.2, 0) is 0 Å². The van der Waals surface area contributed by atoms with Crippen molar-refractivity contribution >= 4 is 22.6 Å². The van der Waals surface area contributed by atoms with E-state index in [1.165, 1.54) is 57.8 Å². The minimum atomic E-state index is -0.134. The summed E-state index contributed by atoms with van der Waals surface area (Å²) in [4.78, 5) is 20.1. The number of nitrogens with zero attached hydrogens (tertiary/aromatic N) is 3. The van der Waals surface area contributed by atoms with Crippen molar-refractivity contribution in [1.29, 1.82) is 0 Å². The molecule has 29 heavy (non-hydrogen) atoms. The molecule has 158 valence electrons. The molecule has 2 heterocycles. The van der Waals surface area contributed by atoms with Crippen LogP contribution in [0, 0.1) is 0 Å². The molecule has 0 radical (unpaired) electrons. The van der Waals surface area contributed by atoms with E-state index in [1.807, 2.05) is 28.8 Å². The van der Waals surface area contributed by atoms with Crippen LogP contribution < -0.4 is 5.56 Å². The summed E-state index contributed by atoms with van der Waals surface area (Å²) in [5, 5.41) is 0.0955. The van der Waals surface area contributed by atoms with Crippen LogP contribution in [0.5, 0.6) is 0 Å². The quantitative estimate of drug-likeness (QED) is 0.617. The highest BCUT2D eigenvalue weighted by atomic mass is 35.5. The molecule has 1 aromatic carbocycles. The molecule has 2 fully saturated rings. The number of piperidine rings is 1. The molecule has 0 bridgehead atoms. The Morgan fingerprint density at radius 2 is 1.76 bits per heavy atom. The van der Waals surface area contributed by atoms with Crippen molar-refractivity contribution in [2.45, 2.75) is 95.7 Å². The van der Waals surface area contributed by atoms with Crippen LogP contribution in [0.15, 0.2) is 29.1 Å². The van der Waals surface area contributed by atoms with Crippen molar-refractivity contribution in [3.63, 3.8) is 0 Å². The summed E-state index contributed by atoms with van der Waals surface area (Å²) in [7, 11) is 0. The van der Waals surface area contributed by atoms with Gasteiger partial charge in [0.05, 0.1) is 11.0 Å². The topological polar surface area (TPSA) is 38.1 Å². The van der Waals surface area contributed by atoms with Crippen LogP contribution in [0.3, 0.4) is 0 Å². The Morgan fingerprint density at radius 1 is 1.03 bits per heavy atom. The zero-order valence-electron chi connectivity index (χ0n) is 17.7. The standard InChI is InChI=1S/C24H34ClN3O/c1-2-10-19-17-20(15-16-27(19)18-11-6-4-3-5-7-12-18)28-22-14-9-8-13-21(22)26-23(25)24(28)29/h8-9,13-14,18-20H,2-7,10-12,15-17H2,1H3/t19-,20-/m1/s1. The largest absolute Gasteiger partial charge is 0.301 e. The molecule has 4 nitrogen and oxygen atoms in total. The molecule has 1 aliphatic carbocycles. The van der Waals surface area contributed by atoms with Gasteiger partial charge in [0.25, 0.3) is 5.56 Å². The summed E-state index contributed by atoms with van der Waals surface area (Å²) in [6, 6.07) is 9.39. The molecule has 2 aliphatic rings. The van der Waals surface area contributed by atoms with E-state index in [4.69, 9.17) is 11.6 Å². The van der Waals surface area contributed by atoms with Crippen LogP contribution in [0.4, 0.5) is 0 Å². The lowest BCUT2D eigenvalue weighted by molar-refractivity contribution is 0.0523.